The molecule has 1 unspecified atom stereocenters. The Morgan fingerprint density at radius 1 is 1.64 bits per heavy atom. The number of esters is 1. The number of hydrogen-bond donors (Lipinski definition) is 0. The van der Waals surface area contributed by atoms with E-state index < -0.39 is 0 Å². The van der Waals surface area contributed by atoms with Gasteiger partial charge >= 0.3 is 5.97 Å². The highest BCUT2D eigenvalue weighted by molar-refractivity contribution is 9.11. The van der Waals surface area contributed by atoms with E-state index in [0.29, 0.717) is 11.3 Å². The molecular formula is C10H12Br2O2. The fraction of sp³-hybridized carbons (Fsp3) is 0.500. The second-order valence-corrected chi connectivity index (χ2v) is 5.44. The molecule has 0 aromatic rings. The summed E-state index contributed by atoms with van der Waals surface area (Å²) in [7, 11) is 0. The Bertz CT molecular complexity index is 301. The maximum atomic E-state index is 11.4. The van der Waals surface area contributed by atoms with Crippen molar-refractivity contribution in [2.75, 3.05) is 0 Å². The van der Waals surface area contributed by atoms with Gasteiger partial charge in [0.15, 0.2) is 0 Å². The molecule has 0 spiro atoms. The van der Waals surface area contributed by atoms with Crippen LogP contribution < -0.4 is 0 Å². The molecule has 1 heterocycles. The fourth-order valence-electron chi connectivity index (χ4n) is 1.19. The van der Waals surface area contributed by atoms with Crippen LogP contribution in [0.25, 0.3) is 0 Å². The number of alkyl halides is 1. The molecule has 4 heteroatoms. The van der Waals surface area contributed by atoms with Crippen LogP contribution in [-0.2, 0) is 9.53 Å². The van der Waals surface area contributed by atoms with Crippen molar-refractivity contribution in [3.63, 3.8) is 0 Å². The minimum Gasteiger partial charge on any atom is -0.422 e. The van der Waals surface area contributed by atoms with Crippen LogP contribution in [0.2, 0.25) is 0 Å². The molecule has 1 rings (SSSR count). The van der Waals surface area contributed by atoms with Crippen molar-refractivity contribution in [2.45, 2.75) is 31.5 Å². The third-order valence-electron chi connectivity index (χ3n) is 1.94. The Morgan fingerprint density at radius 3 is 2.71 bits per heavy atom. The first-order valence-electron chi connectivity index (χ1n) is 4.50. The van der Waals surface area contributed by atoms with Crippen LogP contribution in [0.4, 0.5) is 0 Å². The molecule has 0 saturated heterocycles. The first-order valence-corrected chi connectivity index (χ1v) is 6.21. The Balaban J connectivity index is 2.84. The number of hydrogen-bond acceptors (Lipinski definition) is 2. The lowest BCUT2D eigenvalue weighted by molar-refractivity contribution is -0.133. The van der Waals surface area contributed by atoms with Gasteiger partial charge < -0.3 is 4.74 Å². The minimum absolute atomic E-state index is 0.101. The van der Waals surface area contributed by atoms with E-state index in [1.807, 2.05) is 6.92 Å². The number of halogens is 2. The third kappa shape index (κ3) is 2.70. The Morgan fingerprint density at radius 2 is 2.29 bits per heavy atom. The van der Waals surface area contributed by atoms with Gasteiger partial charge in [-0.25, -0.2) is 4.79 Å². The molecule has 2 nitrogen and oxygen atoms in total. The number of carbonyl (C=O) groups is 1. The second-order valence-electron chi connectivity index (χ2n) is 3.14. The van der Waals surface area contributed by atoms with E-state index in [2.05, 4.69) is 38.8 Å². The van der Waals surface area contributed by atoms with Crippen molar-refractivity contribution in [3.8, 4) is 0 Å². The molecule has 14 heavy (non-hydrogen) atoms. The van der Waals surface area contributed by atoms with Gasteiger partial charge in [-0.2, -0.15) is 0 Å². The van der Waals surface area contributed by atoms with Crippen molar-refractivity contribution in [2.24, 2.45) is 0 Å². The van der Waals surface area contributed by atoms with E-state index in [1.54, 1.807) is 6.08 Å². The van der Waals surface area contributed by atoms with Crippen LogP contribution in [0.1, 0.15) is 26.7 Å². The summed E-state index contributed by atoms with van der Waals surface area (Å²) in [4.78, 5) is 11.5. The van der Waals surface area contributed by atoms with Gasteiger partial charge in [-0.05, 0) is 19.4 Å². The number of rotatable bonds is 3. The molecule has 0 bridgehead atoms. The van der Waals surface area contributed by atoms with Gasteiger partial charge in [-0.15, -0.1) is 0 Å². The van der Waals surface area contributed by atoms with E-state index in [-0.39, 0.29) is 10.8 Å². The maximum Gasteiger partial charge on any atom is 0.340 e. The van der Waals surface area contributed by atoms with Gasteiger partial charge in [0.05, 0.1) is 5.57 Å². The summed E-state index contributed by atoms with van der Waals surface area (Å²) in [5.41, 5.74) is 0.709. The minimum atomic E-state index is -0.242. The molecule has 0 radical (unpaired) electrons. The second kappa shape index (κ2) is 5.12. The number of cyclic esters (lactones) is 1. The Hall–Kier alpha value is -0.0900. The zero-order valence-electron chi connectivity index (χ0n) is 8.14. The van der Waals surface area contributed by atoms with Crippen LogP contribution >= 0.6 is 31.9 Å². The highest BCUT2D eigenvalue weighted by atomic mass is 79.9. The quantitative estimate of drug-likeness (QED) is 0.585. The number of ether oxygens (including phenoxy) is 1. The van der Waals surface area contributed by atoms with Crippen LogP contribution in [-0.4, -0.2) is 10.8 Å². The Kier molecular flexibility index (Phi) is 4.38. The van der Waals surface area contributed by atoms with Crippen molar-refractivity contribution in [3.05, 3.63) is 21.9 Å². The summed E-state index contributed by atoms with van der Waals surface area (Å²) in [6.45, 7) is 3.94. The average Bonchev–Trinajstić information content (AvgIpc) is 2.48. The molecule has 0 amide bonds. The van der Waals surface area contributed by atoms with Gasteiger partial charge in [-0.3, -0.25) is 0 Å². The Labute approximate surface area is 101 Å². The predicted molar refractivity (Wildman–Crippen MR) is 63.4 cm³/mol. The third-order valence-corrected chi connectivity index (χ3v) is 3.29. The van der Waals surface area contributed by atoms with Gasteiger partial charge in [0.1, 0.15) is 5.76 Å². The van der Waals surface area contributed by atoms with Crippen LogP contribution in [0.3, 0.4) is 0 Å². The van der Waals surface area contributed by atoms with E-state index in [0.717, 1.165) is 17.3 Å². The monoisotopic (exact) mass is 322 g/mol. The number of carbonyl (C=O) groups excluding carboxylic acids is 1. The highest BCUT2D eigenvalue weighted by Crippen LogP contribution is 2.29. The zero-order valence-corrected chi connectivity index (χ0v) is 11.3. The molecule has 78 valence electrons. The average molecular weight is 324 g/mol. The molecule has 0 fully saturated rings. The molecular weight excluding hydrogens is 312 g/mol. The lowest BCUT2D eigenvalue weighted by atomic mass is 10.1. The molecule has 0 aliphatic carbocycles. The van der Waals surface area contributed by atoms with Gasteiger partial charge in [0, 0.05) is 9.31 Å². The molecule has 1 atom stereocenters. The topological polar surface area (TPSA) is 26.3 Å². The van der Waals surface area contributed by atoms with E-state index in [1.165, 1.54) is 0 Å². The summed E-state index contributed by atoms with van der Waals surface area (Å²) < 4.78 is 5.92. The molecule has 0 saturated carbocycles. The molecule has 0 aromatic carbocycles. The normalized spacial score (nSPS) is 21.7. The first kappa shape index (κ1) is 12.0. The fourth-order valence-corrected chi connectivity index (χ4v) is 2.16. The summed E-state index contributed by atoms with van der Waals surface area (Å²) in [6.07, 6.45) is 3.77. The van der Waals surface area contributed by atoms with Gasteiger partial charge in [0.25, 0.3) is 0 Å². The molecule has 0 aromatic heterocycles. The smallest absolute Gasteiger partial charge is 0.340 e. The van der Waals surface area contributed by atoms with Crippen LogP contribution in [0, 0.1) is 0 Å². The maximum absolute atomic E-state index is 11.4. The molecule has 1 aliphatic rings. The summed E-state index contributed by atoms with van der Waals surface area (Å²) in [5, 5.41) is 0. The van der Waals surface area contributed by atoms with E-state index in [9.17, 15) is 4.79 Å². The first-order chi connectivity index (χ1) is 6.56. The van der Waals surface area contributed by atoms with Gasteiger partial charge in [-0.1, -0.05) is 45.2 Å². The van der Waals surface area contributed by atoms with Crippen LogP contribution in [0.15, 0.2) is 21.9 Å². The summed E-state index contributed by atoms with van der Waals surface area (Å²) in [5.74, 6) is 0.375. The lowest BCUT2D eigenvalue weighted by Crippen LogP contribution is -2.09. The molecule has 1 aliphatic heterocycles. The number of allylic oxidation sites excluding steroid dienone is 2. The van der Waals surface area contributed by atoms with Crippen molar-refractivity contribution >= 4 is 37.8 Å². The standard InChI is InChI=1S/C10H12Br2O2/c1-3-4-8(12)7-5-9(6(2)11)14-10(7)13/h5,8H,3-4H2,1-2H3/b9-6+. The van der Waals surface area contributed by atoms with E-state index >= 15 is 0 Å². The van der Waals surface area contributed by atoms with Crippen molar-refractivity contribution < 1.29 is 9.53 Å². The van der Waals surface area contributed by atoms with Gasteiger partial charge in [0.2, 0.25) is 0 Å². The van der Waals surface area contributed by atoms with Crippen LogP contribution in [0.5, 0.6) is 0 Å². The van der Waals surface area contributed by atoms with E-state index in [4.69, 9.17) is 4.74 Å². The van der Waals surface area contributed by atoms with Crippen molar-refractivity contribution in [1.82, 2.24) is 0 Å². The SMILES string of the molecule is CCCC(Br)C1=C/C(=C(/C)Br)OC1=O. The molecule has 0 N–H and O–H groups in total. The lowest BCUT2D eigenvalue weighted by Gasteiger charge is -2.05. The van der Waals surface area contributed by atoms with Crippen molar-refractivity contribution in [1.29, 1.82) is 0 Å². The zero-order chi connectivity index (χ0) is 10.7. The largest absolute Gasteiger partial charge is 0.422 e. The summed E-state index contributed by atoms with van der Waals surface area (Å²) in [6, 6.07) is 0. The predicted octanol–water partition coefficient (Wildman–Crippen LogP) is 3.66. The highest BCUT2D eigenvalue weighted by Gasteiger charge is 2.27. The summed E-state index contributed by atoms with van der Waals surface area (Å²) >= 11 is 6.76.